The van der Waals surface area contributed by atoms with Crippen molar-refractivity contribution in [3.63, 3.8) is 0 Å². The molecule has 0 aliphatic carbocycles. The molecule has 20 heavy (non-hydrogen) atoms. The zero-order valence-corrected chi connectivity index (χ0v) is 13.9. The first-order valence-corrected chi connectivity index (χ1v) is 9.40. The van der Waals surface area contributed by atoms with Gasteiger partial charge in [0.15, 0.2) is 5.78 Å². The second-order valence-electron chi connectivity index (χ2n) is 6.05. The lowest BCUT2D eigenvalue weighted by molar-refractivity contribution is -0.0959. The monoisotopic (exact) mass is 310 g/mol. The van der Waals surface area contributed by atoms with Crippen LogP contribution in [0.2, 0.25) is 0 Å². The summed E-state index contributed by atoms with van der Waals surface area (Å²) in [5, 5.41) is 0. The van der Waals surface area contributed by atoms with Crippen LogP contribution in [-0.2, 0) is 4.74 Å². The van der Waals surface area contributed by atoms with E-state index in [4.69, 9.17) is 4.74 Å². The van der Waals surface area contributed by atoms with Gasteiger partial charge in [0, 0.05) is 17.4 Å². The molecule has 2 aliphatic heterocycles. The summed E-state index contributed by atoms with van der Waals surface area (Å²) < 4.78 is 6.09. The van der Waals surface area contributed by atoms with Gasteiger partial charge in [-0.2, -0.15) is 11.8 Å². The highest BCUT2D eigenvalue weighted by Crippen LogP contribution is 2.41. The molecule has 1 unspecified atom stereocenters. The van der Waals surface area contributed by atoms with E-state index in [9.17, 15) is 4.79 Å². The van der Waals surface area contributed by atoms with E-state index < -0.39 is 0 Å². The number of carbonyl (C=O) groups excluding carboxylic acids is 1. The topological polar surface area (TPSA) is 26.3 Å². The largest absolute Gasteiger partial charge is 0.375 e. The Balaban J connectivity index is 1.74. The van der Waals surface area contributed by atoms with Crippen LogP contribution in [0.1, 0.15) is 45.8 Å². The highest BCUT2D eigenvalue weighted by atomic mass is 32.2. The zero-order chi connectivity index (χ0) is 14.2. The smallest absolute Gasteiger partial charge is 0.176 e. The van der Waals surface area contributed by atoms with Crippen molar-refractivity contribution < 1.29 is 9.53 Å². The summed E-state index contributed by atoms with van der Waals surface area (Å²) in [6.45, 7) is 4.94. The van der Waals surface area contributed by atoms with Crippen molar-refractivity contribution in [2.45, 2.75) is 45.1 Å². The summed E-state index contributed by atoms with van der Waals surface area (Å²) in [7, 11) is 0. The Hall–Kier alpha value is -0.320. The van der Waals surface area contributed by atoms with Crippen LogP contribution in [0.5, 0.6) is 0 Å². The van der Waals surface area contributed by atoms with Crippen molar-refractivity contribution in [3.05, 3.63) is 21.4 Å². The number of thiophene rings is 1. The van der Waals surface area contributed by atoms with Gasteiger partial charge in [0.1, 0.15) is 0 Å². The second-order valence-corrected chi connectivity index (χ2v) is 8.53. The summed E-state index contributed by atoms with van der Waals surface area (Å²) in [6, 6.07) is 2.07. The minimum absolute atomic E-state index is 0.00513. The highest BCUT2D eigenvalue weighted by Gasteiger charge is 2.41. The van der Waals surface area contributed by atoms with Crippen molar-refractivity contribution in [2.24, 2.45) is 5.92 Å². The molecule has 2 saturated heterocycles. The standard InChI is InChI=1S/C16H22O2S2/c1-11-9-14(20-12(11)2)15(17)13-3-6-18-16(10-13)4-7-19-8-5-16/h9,13H,3-8,10H2,1-2H3. The van der Waals surface area contributed by atoms with Crippen molar-refractivity contribution >= 4 is 28.9 Å². The summed E-state index contributed by atoms with van der Waals surface area (Å²) in [5.74, 6) is 2.88. The lowest BCUT2D eigenvalue weighted by atomic mass is 9.80. The van der Waals surface area contributed by atoms with E-state index in [0.29, 0.717) is 5.78 Å². The van der Waals surface area contributed by atoms with Crippen LogP contribution in [-0.4, -0.2) is 29.5 Å². The maximum absolute atomic E-state index is 12.7. The average Bonchev–Trinajstić information content (AvgIpc) is 2.79. The number of carbonyl (C=O) groups is 1. The Bertz CT molecular complexity index is 476. The molecular weight excluding hydrogens is 288 g/mol. The number of rotatable bonds is 2. The van der Waals surface area contributed by atoms with Crippen molar-refractivity contribution in [2.75, 3.05) is 18.1 Å². The van der Waals surface area contributed by atoms with Gasteiger partial charge in [0.2, 0.25) is 0 Å². The van der Waals surface area contributed by atoms with E-state index in [0.717, 1.165) is 37.2 Å². The van der Waals surface area contributed by atoms with Gasteiger partial charge in [-0.05, 0) is 62.7 Å². The van der Waals surface area contributed by atoms with Gasteiger partial charge in [-0.3, -0.25) is 4.79 Å². The fraction of sp³-hybridized carbons (Fsp3) is 0.688. The minimum atomic E-state index is 0.00513. The first-order valence-electron chi connectivity index (χ1n) is 7.43. The van der Waals surface area contributed by atoms with E-state index in [1.54, 1.807) is 11.3 Å². The maximum Gasteiger partial charge on any atom is 0.176 e. The van der Waals surface area contributed by atoms with Crippen molar-refractivity contribution in [1.82, 2.24) is 0 Å². The molecule has 1 aromatic heterocycles. The molecule has 1 spiro atoms. The van der Waals surface area contributed by atoms with Crippen LogP contribution in [0.4, 0.5) is 0 Å². The lowest BCUT2D eigenvalue weighted by Gasteiger charge is -2.42. The molecule has 110 valence electrons. The Labute approximate surface area is 129 Å². The minimum Gasteiger partial charge on any atom is -0.375 e. The van der Waals surface area contributed by atoms with Crippen LogP contribution in [0, 0.1) is 19.8 Å². The summed E-state index contributed by atoms with van der Waals surface area (Å²) in [6.07, 6.45) is 4.06. The summed E-state index contributed by atoms with van der Waals surface area (Å²) in [4.78, 5) is 15.0. The van der Waals surface area contributed by atoms with Crippen LogP contribution in [0.25, 0.3) is 0 Å². The van der Waals surface area contributed by atoms with E-state index in [1.807, 2.05) is 11.8 Å². The van der Waals surface area contributed by atoms with Gasteiger partial charge < -0.3 is 4.74 Å². The number of thioether (sulfide) groups is 1. The number of ketones is 1. The molecule has 0 amide bonds. The number of ether oxygens (including phenoxy) is 1. The number of hydrogen-bond donors (Lipinski definition) is 0. The van der Waals surface area contributed by atoms with Gasteiger partial charge in [-0.1, -0.05) is 0 Å². The molecule has 2 fully saturated rings. The third-order valence-electron chi connectivity index (χ3n) is 4.68. The molecule has 0 saturated carbocycles. The Kier molecular flexibility index (Phi) is 4.25. The molecule has 2 nitrogen and oxygen atoms in total. The van der Waals surface area contributed by atoms with Crippen molar-refractivity contribution in [3.8, 4) is 0 Å². The van der Waals surface area contributed by atoms with Crippen LogP contribution < -0.4 is 0 Å². The fourth-order valence-electron chi connectivity index (χ4n) is 3.24. The predicted molar refractivity (Wildman–Crippen MR) is 86.1 cm³/mol. The molecule has 4 heteroatoms. The summed E-state index contributed by atoms with van der Waals surface area (Å²) in [5.41, 5.74) is 1.25. The SMILES string of the molecule is Cc1cc(C(=O)C2CCOC3(CCSCC3)C2)sc1C. The second kappa shape index (κ2) is 5.82. The Morgan fingerprint density at radius 2 is 2.10 bits per heavy atom. The molecule has 0 N–H and O–H groups in total. The van der Waals surface area contributed by atoms with E-state index in [-0.39, 0.29) is 11.5 Å². The molecule has 3 heterocycles. The molecule has 3 rings (SSSR count). The molecule has 1 atom stereocenters. The predicted octanol–water partition coefficient (Wildman–Crippen LogP) is 4.24. The number of Topliss-reactive ketones (excluding diaryl/α,β-unsaturated/α-hetero) is 1. The average molecular weight is 310 g/mol. The third kappa shape index (κ3) is 2.83. The van der Waals surface area contributed by atoms with E-state index >= 15 is 0 Å². The molecule has 1 aromatic rings. The van der Waals surface area contributed by atoms with E-state index in [1.165, 1.54) is 21.9 Å². The fourth-order valence-corrected chi connectivity index (χ4v) is 5.53. The lowest BCUT2D eigenvalue weighted by Crippen LogP contribution is -2.44. The molecule has 0 radical (unpaired) electrons. The normalized spacial score (nSPS) is 25.8. The first kappa shape index (κ1) is 14.6. The first-order chi connectivity index (χ1) is 9.60. The highest BCUT2D eigenvalue weighted by molar-refractivity contribution is 7.99. The number of hydrogen-bond acceptors (Lipinski definition) is 4. The van der Waals surface area contributed by atoms with Gasteiger partial charge in [-0.25, -0.2) is 0 Å². The zero-order valence-electron chi connectivity index (χ0n) is 12.2. The third-order valence-corrected chi connectivity index (χ3v) is 6.83. The summed E-state index contributed by atoms with van der Waals surface area (Å²) >= 11 is 3.67. The molecule has 2 aliphatic rings. The quantitative estimate of drug-likeness (QED) is 0.764. The maximum atomic E-state index is 12.7. The Morgan fingerprint density at radius 1 is 1.35 bits per heavy atom. The van der Waals surface area contributed by atoms with Gasteiger partial charge in [0.25, 0.3) is 0 Å². The van der Waals surface area contributed by atoms with E-state index in [2.05, 4.69) is 19.9 Å². The molecular formula is C16H22O2S2. The molecule has 0 bridgehead atoms. The molecule has 0 aromatic carbocycles. The van der Waals surface area contributed by atoms with Gasteiger partial charge in [-0.15, -0.1) is 11.3 Å². The van der Waals surface area contributed by atoms with Gasteiger partial charge in [0.05, 0.1) is 10.5 Å². The van der Waals surface area contributed by atoms with Crippen LogP contribution >= 0.6 is 23.1 Å². The Morgan fingerprint density at radius 3 is 2.75 bits per heavy atom. The van der Waals surface area contributed by atoms with Crippen molar-refractivity contribution in [1.29, 1.82) is 0 Å². The van der Waals surface area contributed by atoms with Gasteiger partial charge >= 0.3 is 0 Å². The van der Waals surface area contributed by atoms with Crippen LogP contribution in [0.15, 0.2) is 6.07 Å². The number of aryl methyl sites for hydroxylation is 2. The van der Waals surface area contributed by atoms with Crippen LogP contribution in [0.3, 0.4) is 0 Å².